The van der Waals surface area contributed by atoms with Crippen molar-refractivity contribution in [3.05, 3.63) is 56.8 Å². The molecular weight excluding hydrogens is 236 g/mol. The van der Waals surface area contributed by atoms with E-state index in [1.54, 1.807) is 11.3 Å². The Balaban J connectivity index is 2.38. The second-order valence-corrected chi connectivity index (χ2v) is 5.40. The van der Waals surface area contributed by atoms with Crippen molar-refractivity contribution in [2.45, 2.75) is 26.1 Å². The van der Waals surface area contributed by atoms with Crippen molar-refractivity contribution in [2.75, 3.05) is 0 Å². The lowest BCUT2D eigenvalue weighted by molar-refractivity contribution is 1.11. The molecule has 0 radical (unpaired) electrons. The first kappa shape index (κ1) is 11.7. The summed E-state index contributed by atoms with van der Waals surface area (Å²) in [6, 6.07) is 6.45. The minimum atomic E-state index is -0.0226. The summed E-state index contributed by atoms with van der Waals surface area (Å²) in [5.41, 5.74) is 6.31. The molecule has 1 heterocycles. The van der Waals surface area contributed by atoms with Gasteiger partial charge in [0.25, 0.3) is 0 Å². The highest BCUT2D eigenvalue weighted by atomic mass is 35.5. The minimum Gasteiger partial charge on any atom is -0.152 e. The van der Waals surface area contributed by atoms with E-state index in [1.807, 2.05) is 0 Å². The Bertz CT molecular complexity index is 499. The summed E-state index contributed by atoms with van der Waals surface area (Å²) in [7, 11) is 0. The van der Waals surface area contributed by atoms with E-state index < -0.39 is 0 Å². The van der Waals surface area contributed by atoms with Crippen LogP contribution in [0, 0.1) is 20.8 Å². The SMILES string of the molecule is Cc1ccc(C(Cl)c2cscc2C)cc1C. The monoisotopic (exact) mass is 250 g/mol. The number of benzene rings is 1. The third kappa shape index (κ3) is 2.16. The van der Waals surface area contributed by atoms with Gasteiger partial charge in [-0.2, -0.15) is 11.3 Å². The van der Waals surface area contributed by atoms with Crippen LogP contribution in [0.5, 0.6) is 0 Å². The highest BCUT2D eigenvalue weighted by molar-refractivity contribution is 7.08. The van der Waals surface area contributed by atoms with E-state index in [2.05, 4.69) is 49.7 Å². The van der Waals surface area contributed by atoms with Gasteiger partial charge in [-0.15, -0.1) is 11.6 Å². The van der Waals surface area contributed by atoms with Gasteiger partial charge in [0.05, 0.1) is 5.38 Å². The molecule has 0 aliphatic carbocycles. The molecule has 0 bridgehead atoms. The molecule has 0 amide bonds. The second kappa shape index (κ2) is 4.60. The molecule has 16 heavy (non-hydrogen) atoms. The highest BCUT2D eigenvalue weighted by Crippen LogP contribution is 2.33. The standard InChI is InChI=1S/C14H15ClS/c1-9-4-5-12(6-10(9)2)14(15)13-8-16-7-11(13)3/h4-8,14H,1-3H3. The van der Waals surface area contributed by atoms with Crippen LogP contribution < -0.4 is 0 Å². The summed E-state index contributed by atoms with van der Waals surface area (Å²) in [6.07, 6.45) is 0. The van der Waals surface area contributed by atoms with Crippen LogP contribution in [-0.2, 0) is 0 Å². The first-order chi connectivity index (χ1) is 7.59. The van der Waals surface area contributed by atoms with E-state index in [9.17, 15) is 0 Å². The van der Waals surface area contributed by atoms with E-state index in [1.165, 1.54) is 27.8 Å². The molecular formula is C14H15ClS. The van der Waals surface area contributed by atoms with Gasteiger partial charge in [-0.3, -0.25) is 0 Å². The molecule has 0 aliphatic heterocycles. The number of hydrogen-bond donors (Lipinski definition) is 0. The van der Waals surface area contributed by atoms with Crippen LogP contribution in [0.2, 0.25) is 0 Å². The number of hydrogen-bond acceptors (Lipinski definition) is 1. The van der Waals surface area contributed by atoms with Gasteiger partial charge in [0.1, 0.15) is 0 Å². The normalized spacial score (nSPS) is 12.8. The Labute approximate surface area is 106 Å². The topological polar surface area (TPSA) is 0 Å². The molecule has 0 fully saturated rings. The van der Waals surface area contributed by atoms with Gasteiger partial charge in [-0.25, -0.2) is 0 Å². The summed E-state index contributed by atoms with van der Waals surface area (Å²) in [5, 5.41) is 4.26. The molecule has 0 aliphatic rings. The molecule has 1 aromatic heterocycles. The van der Waals surface area contributed by atoms with Crippen LogP contribution in [0.15, 0.2) is 29.0 Å². The van der Waals surface area contributed by atoms with Crippen LogP contribution in [-0.4, -0.2) is 0 Å². The Morgan fingerprint density at radius 3 is 2.31 bits per heavy atom. The fourth-order valence-corrected chi connectivity index (χ4v) is 3.05. The second-order valence-electron chi connectivity index (χ2n) is 4.22. The lowest BCUT2D eigenvalue weighted by atomic mass is 10.00. The zero-order chi connectivity index (χ0) is 11.7. The average Bonchev–Trinajstić information content (AvgIpc) is 2.67. The van der Waals surface area contributed by atoms with Crippen LogP contribution in [0.25, 0.3) is 0 Å². The molecule has 0 saturated heterocycles. The number of rotatable bonds is 2. The highest BCUT2D eigenvalue weighted by Gasteiger charge is 2.14. The Morgan fingerprint density at radius 2 is 1.75 bits per heavy atom. The van der Waals surface area contributed by atoms with Gasteiger partial charge >= 0.3 is 0 Å². The van der Waals surface area contributed by atoms with E-state index >= 15 is 0 Å². The molecule has 2 heteroatoms. The van der Waals surface area contributed by atoms with Crippen LogP contribution in [0.3, 0.4) is 0 Å². The molecule has 1 atom stereocenters. The molecule has 0 N–H and O–H groups in total. The Morgan fingerprint density at radius 1 is 1.00 bits per heavy atom. The number of thiophene rings is 1. The van der Waals surface area contributed by atoms with E-state index in [4.69, 9.17) is 11.6 Å². The minimum absolute atomic E-state index is 0.0226. The van der Waals surface area contributed by atoms with E-state index in [0.717, 1.165) is 0 Å². The molecule has 2 aromatic rings. The lowest BCUT2D eigenvalue weighted by Crippen LogP contribution is -1.95. The molecule has 2 rings (SSSR count). The zero-order valence-corrected chi connectivity index (χ0v) is 11.3. The molecule has 1 aromatic carbocycles. The quantitative estimate of drug-likeness (QED) is 0.658. The van der Waals surface area contributed by atoms with Crippen molar-refractivity contribution < 1.29 is 0 Å². The third-order valence-corrected chi connectivity index (χ3v) is 4.36. The van der Waals surface area contributed by atoms with Crippen LogP contribution in [0.4, 0.5) is 0 Å². The molecule has 0 saturated carbocycles. The lowest BCUT2D eigenvalue weighted by Gasteiger charge is -2.11. The summed E-state index contributed by atoms with van der Waals surface area (Å²) < 4.78 is 0. The number of alkyl halides is 1. The fraction of sp³-hybridized carbons (Fsp3) is 0.286. The molecule has 84 valence electrons. The van der Waals surface area contributed by atoms with Gasteiger partial charge in [0.2, 0.25) is 0 Å². The van der Waals surface area contributed by atoms with Crippen molar-refractivity contribution in [2.24, 2.45) is 0 Å². The fourth-order valence-electron chi connectivity index (χ4n) is 1.73. The maximum absolute atomic E-state index is 6.51. The van der Waals surface area contributed by atoms with Gasteiger partial charge in [0.15, 0.2) is 0 Å². The van der Waals surface area contributed by atoms with Crippen LogP contribution >= 0.6 is 22.9 Å². The maximum Gasteiger partial charge on any atom is 0.0846 e. The average molecular weight is 251 g/mol. The summed E-state index contributed by atoms with van der Waals surface area (Å²) in [5.74, 6) is 0. The van der Waals surface area contributed by atoms with E-state index in [0.29, 0.717) is 0 Å². The Kier molecular flexibility index (Phi) is 3.36. The summed E-state index contributed by atoms with van der Waals surface area (Å²) >= 11 is 8.22. The predicted octanol–water partition coefficient (Wildman–Crippen LogP) is 5.00. The first-order valence-corrected chi connectivity index (χ1v) is 6.71. The third-order valence-electron chi connectivity index (χ3n) is 2.99. The van der Waals surface area contributed by atoms with Crippen molar-refractivity contribution in [1.82, 2.24) is 0 Å². The van der Waals surface area contributed by atoms with Gasteiger partial charge in [-0.1, -0.05) is 18.2 Å². The summed E-state index contributed by atoms with van der Waals surface area (Å²) in [4.78, 5) is 0. The van der Waals surface area contributed by atoms with Crippen LogP contribution in [0.1, 0.15) is 33.2 Å². The largest absolute Gasteiger partial charge is 0.152 e. The van der Waals surface area contributed by atoms with Gasteiger partial charge < -0.3 is 0 Å². The van der Waals surface area contributed by atoms with Crippen molar-refractivity contribution in [3.63, 3.8) is 0 Å². The van der Waals surface area contributed by atoms with E-state index in [-0.39, 0.29) is 5.38 Å². The van der Waals surface area contributed by atoms with Gasteiger partial charge in [0, 0.05) is 0 Å². The predicted molar refractivity (Wildman–Crippen MR) is 72.7 cm³/mol. The van der Waals surface area contributed by atoms with Gasteiger partial charge in [-0.05, 0) is 59.3 Å². The smallest absolute Gasteiger partial charge is 0.0846 e. The summed E-state index contributed by atoms with van der Waals surface area (Å²) in [6.45, 7) is 6.36. The van der Waals surface area contributed by atoms with Crippen molar-refractivity contribution in [3.8, 4) is 0 Å². The first-order valence-electron chi connectivity index (χ1n) is 5.33. The maximum atomic E-state index is 6.51. The number of aryl methyl sites for hydroxylation is 3. The Hall–Kier alpha value is -0.790. The van der Waals surface area contributed by atoms with Crippen molar-refractivity contribution in [1.29, 1.82) is 0 Å². The zero-order valence-electron chi connectivity index (χ0n) is 9.75. The molecule has 0 spiro atoms. The number of halogens is 1. The molecule has 1 unspecified atom stereocenters. The molecule has 0 nitrogen and oxygen atoms in total. The van der Waals surface area contributed by atoms with Crippen molar-refractivity contribution >= 4 is 22.9 Å².